The molecule has 0 fully saturated rings. The lowest BCUT2D eigenvalue weighted by Crippen LogP contribution is -2.24. The second-order valence-electron chi connectivity index (χ2n) is 7.56. The van der Waals surface area contributed by atoms with E-state index in [2.05, 4.69) is 10.4 Å². The zero-order chi connectivity index (χ0) is 22.5. The minimum Gasteiger partial charge on any atom is -0.451 e. The number of benzene rings is 2. The maximum Gasteiger partial charge on any atom is 0.338 e. The molecule has 7 nitrogen and oxygen atoms in total. The van der Waals surface area contributed by atoms with Crippen LogP contribution in [0.3, 0.4) is 0 Å². The molecule has 0 spiro atoms. The van der Waals surface area contributed by atoms with Crippen LogP contribution in [0.1, 0.15) is 47.2 Å². The fraction of sp³-hybridized carbons (Fsp3) is 0.250. The van der Waals surface area contributed by atoms with Gasteiger partial charge in [0.1, 0.15) is 0 Å². The number of nitrogens with zero attached hydrogens (tertiary/aromatic N) is 2. The van der Waals surface area contributed by atoms with Gasteiger partial charge in [0.25, 0.3) is 0 Å². The number of Topliss-reactive ketones (excluding diaryl/α,β-unsaturated/α-hetero) is 1. The maximum absolute atomic E-state index is 12.6. The first-order valence-electron chi connectivity index (χ1n) is 10.0. The van der Waals surface area contributed by atoms with E-state index in [-0.39, 0.29) is 17.6 Å². The second-order valence-corrected chi connectivity index (χ2v) is 7.56. The lowest BCUT2D eigenvalue weighted by Gasteiger charge is -2.13. The molecule has 1 aromatic heterocycles. The van der Waals surface area contributed by atoms with Crippen molar-refractivity contribution in [3.8, 4) is 5.69 Å². The number of ether oxygens (including phenoxy) is 1. The van der Waals surface area contributed by atoms with Crippen molar-refractivity contribution in [3.05, 3.63) is 77.6 Å². The quantitative estimate of drug-likeness (QED) is 0.458. The monoisotopic (exact) mass is 419 g/mol. The lowest BCUT2D eigenvalue weighted by molar-refractivity contribution is -0.118. The van der Waals surface area contributed by atoms with Gasteiger partial charge < -0.3 is 10.1 Å². The number of hydrogen-bond acceptors (Lipinski definition) is 5. The lowest BCUT2D eigenvalue weighted by atomic mass is 10.1. The van der Waals surface area contributed by atoms with E-state index >= 15 is 0 Å². The van der Waals surface area contributed by atoms with Crippen LogP contribution in [0.2, 0.25) is 0 Å². The Kier molecular flexibility index (Phi) is 6.65. The Balaban J connectivity index is 1.62. The number of nitrogens with one attached hydrogen (secondary N) is 1. The van der Waals surface area contributed by atoms with Crippen molar-refractivity contribution in [2.24, 2.45) is 5.92 Å². The highest BCUT2D eigenvalue weighted by Gasteiger charge is 2.21. The van der Waals surface area contributed by atoms with Crippen molar-refractivity contribution in [1.29, 1.82) is 0 Å². The Hall–Kier alpha value is -3.74. The van der Waals surface area contributed by atoms with Gasteiger partial charge in [-0.25, -0.2) is 9.48 Å². The Labute approximate surface area is 181 Å². The van der Waals surface area contributed by atoms with Gasteiger partial charge in [0, 0.05) is 29.1 Å². The molecule has 0 saturated carbocycles. The van der Waals surface area contributed by atoms with Crippen LogP contribution in [0, 0.1) is 12.8 Å². The summed E-state index contributed by atoms with van der Waals surface area (Å²) >= 11 is 0. The van der Waals surface area contributed by atoms with E-state index in [1.54, 1.807) is 73.3 Å². The number of rotatable bonds is 7. The van der Waals surface area contributed by atoms with Gasteiger partial charge in [-0.2, -0.15) is 5.10 Å². The minimum atomic E-state index is -0.948. The van der Waals surface area contributed by atoms with Crippen LogP contribution in [0.4, 0.5) is 5.69 Å². The first-order chi connectivity index (χ1) is 14.8. The standard InChI is InChI=1S/C24H25N3O4/c1-15(2)23(29)26-20-9-5-18(6-10-20)22(28)17(4)31-24(30)19-7-11-21(12-8-19)27-16(3)13-14-25-27/h5-15,17H,1-4H3,(H,26,29)/t17-/m0/s1. The van der Waals surface area contributed by atoms with Gasteiger partial charge in [-0.1, -0.05) is 13.8 Å². The minimum absolute atomic E-state index is 0.102. The molecule has 31 heavy (non-hydrogen) atoms. The number of ketones is 1. The summed E-state index contributed by atoms with van der Waals surface area (Å²) in [5, 5.41) is 7.00. The number of anilines is 1. The predicted molar refractivity (Wildman–Crippen MR) is 117 cm³/mol. The van der Waals surface area contributed by atoms with Crippen LogP contribution >= 0.6 is 0 Å². The summed E-state index contributed by atoms with van der Waals surface area (Å²) in [6.07, 6.45) is 0.756. The molecule has 0 aliphatic heterocycles. The summed E-state index contributed by atoms with van der Waals surface area (Å²) in [7, 11) is 0. The predicted octanol–water partition coefficient (Wildman–Crippen LogP) is 4.20. The average Bonchev–Trinajstić information content (AvgIpc) is 3.19. The van der Waals surface area contributed by atoms with Gasteiger partial charge in [-0.05, 0) is 68.4 Å². The fourth-order valence-corrected chi connectivity index (χ4v) is 2.90. The average molecular weight is 419 g/mol. The number of carbonyl (C=O) groups is 3. The molecule has 0 aliphatic rings. The van der Waals surface area contributed by atoms with Gasteiger partial charge in [-0.3, -0.25) is 9.59 Å². The zero-order valence-electron chi connectivity index (χ0n) is 18.0. The summed E-state index contributed by atoms with van der Waals surface area (Å²) in [6.45, 7) is 7.08. The summed E-state index contributed by atoms with van der Waals surface area (Å²) in [5.41, 5.74) is 3.15. The van der Waals surface area contributed by atoms with Crippen molar-refractivity contribution >= 4 is 23.3 Å². The third-order valence-electron chi connectivity index (χ3n) is 4.79. The highest BCUT2D eigenvalue weighted by atomic mass is 16.5. The summed E-state index contributed by atoms with van der Waals surface area (Å²) in [4.78, 5) is 36.8. The molecular weight excluding hydrogens is 394 g/mol. The van der Waals surface area contributed by atoms with E-state index in [0.29, 0.717) is 16.8 Å². The molecule has 0 bridgehead atoms. The summed E-state index contributed by atoms with van der Waals surface area (Å²) in [6, 6.07) is 15.2. The van der Waals surface area contributed by atoms with E-state index < -0.39 is 12.1 Å². The molecule has 160 valence electrons. The molecule has 1 amide bonds. The van der Waals surface area contributed by atoms with Crippen LogP contribution in [0.25, 0.3) is 5.69 Å². The molecule has 2 aromatic carbocycles. The van der Waals surface area contributed by atoms with Crippen molar-refractivity contribution in [2.75, 3.05) is 5.32 Å². The highest BCUT2D eigenvalue weighted by Crippen LogP contribution is 2.16. The van der Waals surface area contributed by atoms with Crippen LogP contribution in [-0.4, -0.2) is 33.5 Å². The van der Waals surface area contributed by atoms with E-state index in [4.69, 9.17) is 4.74 Å². The maximum atomic E-state index is 12.6. The van der Waals surface area contributed by atoms with E-state index in [1.165, 1.54) is 6.92 Å². The SMILES string of the molecule is Cc1ccnn1-c1ccc(C(=O)O[C@@H](C)C(=O)c2ccc(NC(=O)C(C)C)cc2)cc1. The van der Waals surface area contributed by atoms with Crippen LogP contribution < -0.4 is 5.32 Å². The van der Waals surface area contributed by atoms with Gasteiger partial charge >= 0.3 is 5.97 Å². The van der Waals surface area contributed by atoms with Gasteiger partial charge in [0.2, 0.25) is 11.7 Å². The van der Waals surface area contributed by atoms with Gasteiger partial charge in [0.05, 0.1) is 11.3 Å². The molecule has 3 rings (SSSR count). The number of carbonyl (C=O) groups excluding carboxylic acids is 3. The first-order valence-corrected chi connectivity index (χ1v) is 10.0. The van der Waals surface area contributed by atoms with Gasteiger partial charge in [0.15, 0.2) is 6.10 Å². The largest absolute Gasteiger partial charge is 0.451 e. The summed E-state index contributed by atoms with van der Waals surface area (Å²) < 4.78 is 7.11. The number of amides is 1. The van der Waals surface area contributed by atoms with E-state index in [1.807, 2.05) is 13.0 Å². The van der Waals surface area contributed by atoms with E-state index in [9.17, 15) is 14.4 Å². The molecule has 1 N–H and O–H groups in total. The van der Waals surface area contributed by atoms with Crippen molar-refractivity contribution in [3.63, 3.8) is 0 Å². The Bertz CT molecular complexity index is 1080. The Morgan fingerprint density at radius 2 is 1.52 bits per heavy atom. The third-order valence-corrected chi connectivity index (χ3v) is 4.79. The highest BCUT2D eigenvalue weighted by molar-refractivity contribution is 6.02. The molecule has 3 aromatic rings. The third kappa shape index (κ3) is 5.25. The van der Waals surface area contributed by atoms with Crippen molar-refractivity contribution < 1.29 is 19.1 Å². The smallest absolute Gasteiger partial charge is 0.338 e. The molecule has 0 aliphatic carbocycles. The molecule has 0 unspecified atom stereocenters. The molecule has 1 heterocycles. The normalized spacial score (nSPS) is 11.8. The van der Waals surface area contributed by atoms with Crippen LogP contribution in [0.15, 0.2) is 60.8 Å². The van der Waals surface area contributed by atoms with Gasteiger partial charge in [-0.15, -0.1) is 0 Å². The molecule has 1 atom stereocenters. The van der Waals surface area contributed by atoms with E-state index in [0.717, 1.165) is 11.4 Å². The number of aryl methyl sites for hydroxylation is 1. The first kappa shape index (κ1) is 22.0. The molecule has 0 saturated heterocycles. The second kappa shape index (κ2) is 9.38. The molecule has 0 radical (unpaired) electrons. The number of esters is 1. The topological polar surface area (TPSA) is 90.3 Å². The molecular formula is C24H25N3O4. The Morgan fingerprint density at radius 1 is 0.903 bits per heavy atom. The summed E-state index contributed by atoms with van der Waals surface area (Å²) in [5.74, 6) is -1.14. The number of aromatic nitrogens is 2. The van der Waals surface area contributed by atoms with Crippen LogP contribution in [-0.2, 0) is 9.53 Å². The van der Waals surface area contributed by atoms with Crippen LogP contribution in [0.5, 0.6) is 0 Å². The fourth-order valence-electron chi connectivity index (χ4n) is 2.90. The molecule has 7 heteroatoms. The number of hydrogen-bond donors (Lipinski definition) is 1. The zero-order valence-corrected chi connectivity index (χ0v) is 18.0. The van der Waals surface area contributed by atoms with Crippen molar-refractivity contribution in [1.82, 2.24) is 9.78 Å². The Morgan fingerprint density at radius 3 is 2.06 bits per heavy atom. The van der Waals surface area contributed by atoms with Crippen molar-refractivity contribution in [2.45, 2.75) is 33.8 Å².